The van der Waals surface area contributed by atoms with Crippen molar-refractivity contribution in [1.82, 2.24) is 0 Å². The molecule has 0 aromatic heterocycles. The van der Waals surface area contributed by atoms with Gasteiger partial charge in [-0.25, -0.2) is 12.5 Å². The van der Waals surface area contributed by atoms with Gasteiger partial charge in [0, 0.05) is 29.6 Å². The second-order valence-electron chi connectivity index (χ2n) is 18.3. The summed E-state index contributed by atoms with van der Waals surface area (Å²) in [5, 5.41) is 118. The Bertz CT molecular complexity index is 2310. The summed E-state index contributed by atoms with van der Waals surface area (Å²) in [6.07, 6.45) is -54.6. The molecular weight excluding hydrogens is 1140 g/mol. The number of aliphatic hydroxyl groups excluding tert-OH is 11. The molecule has 0 unspecified atom stereocenters. The predicted octanol–water partition coefficient (Wildman–Crippen LogP) is -12.0. The first-order chi connectivity index (χ1) is 35.6. The van der Waals surface area contributed by atoms with Crippen LogP contribution in [0.4, 0.5) is 0 Å². The summed E-state index contributed by atoms with van der Waals surface area (Å²) in [7, 11) is -16.4. The van der Waals surface area contributed by atoms with Crippen LogP contribution in [0.15, 0.2) is 0 Å². The van der Waals surface area contributed by atoms with Gasteiger partial charge in [-0.15, -0.1) is 0 Å². The summed E-state index contributed by atoms with van der Waals surface area (Å²) in [4.78, 5) is 11.6. The minimum absolute atomic E-state index is 0. The molecule has 441 valence electrons. The molecule has 8 saturated heterocycles. The fourth-order valence-corrected chi connectivity index (χ4v) is 11.4. The van der Waals surface area contributed by atoms with Crippen LogP contribution in [0.3, 0.4) is 0 Å². The molecule has 29 atom stereocenters. The Balaban J connectivity index is 0.00000861. The largest absolute Gasteiger partial charge is 0.397 e. The van der Waals surface area contributed by atoms with Gasteiger partial charge in [-0.05, 0) is 0 Å². The summed E-state index contributed by atoms with van der Waals surface area (Å²) in [5.41, 5.74) is 0. The van der Waals surface area contributed by atoms with E-state index in [0.717, 1.165) is 0 Å². The van der Waals surface area contributed by atoms with Crippen molar-refractivity contribution in [1.29, 1.82) is 0 Å². The van der Waals surface area contributed by atoms with Crippen LogP contribution in [0.25, 0.3) is 0 Å². The van der Waals surface area contributed by atoms with E-state index in [1.54, 1.807) is 0 Å². The third-order valence-electron chi connectivity index (χ3n) is 13.3. The first kappa shape index (κ1) is 63.9. The van der Waals surface area contributed by atoms with E-state index in [-0.39, 0.29) is 42.5 Å². The van der Waals surface area contributed by atoms with Gasteiger partial charge in [0.2, 0.25) is 0 Å². The van der Waals surface area contributed by atoms with Crippen molar-refractivity contribution >= 4 is 67.0 Å². The maximum Gasteiger partial charge on any atom is 0.397 e. The first-order valence-electron chi connectivity index (χ1n) is 22.7. The summed E-state index contributed by atoms with van der Waals surface area (Å²) < 4.78 is 187. The van der Waals surface area contributed by atoms with Crippen molar-refractivity contribution in [2.75, 3.05) is 39.6 Å². The van der Waals surface area contributed by atoms with Gasteiger partial charge in [0.15, 0.2) is 37.7 Å². The molecule has 0 aliphatic carbocycles. The van der Waals surface area contributed by atoms with Crippen LogP contribution in [0.2, 0.25) is 0 Å². The minimum atomic E-state index is -5.51. The molecule has 8 aliphatic heterocycles. The Morgan fingerprint density at radius 1 is 0.481 bits per heavy atom. The topological polar surface area (TPSA) is 550 Å². The Morgan fingerprint density at radius 3 is 1.30 bits per heavy atom. The molecule has 14 N–H and O–H groups in total. The molecule has 8 aliphatic rings. The van der Waals surface area contributed by atoms with Gasteiger partial charge < -0.3 is 123 Å². The van der Waals surface area contributed by atoms with Crippen molar-refractivity contribution in [2.45, 2.75) is 178 Å². The number of hydrogen-bond acceptors (Lipinski definition) is 34. The van der Waals surface area contributed by atoms with Crippen LogP contribution < -0.4 is 0 Å². The Kier molecular flexibility index (Phi) is 21.3. The summed E-state index contributed by atoms with van der Waals surface area (Å²) in [5.74, 6) is 0. The van der Waals surface area contributed by atoms with E-state index < -0.39 is 242 Å². The van der Waals surface area contributed by atoms with E-state index in [1.165, 1.54) is 0 Å². The summed E-state index contributed by atoms with van der Waals surface area (Å²) >= 11 is 0. The van der Waals surface area contributed by atoms with Gasteiger partial charge >= 0.3 is 31.2 Å². The van der Waals surface area contributed by atoms with Gasteiger partial charge in [0.05, 0.1) is 39.6 Å². The molecule has 8 rings (SSSR count). The number of aliphatic hydroxyl groups is 11. The van der Waals surface area contributed by atoms with Crippen LogP contribution in [0.1, 0.15) is 0 Å². The Hall–Kier alpha value is -0.680. The molecule has 6 bridgehead atoms. The number of aldehydes is 1. The standard InChI is InChI=1S/C36H56O37S3.Na/c37-1-8(41)21(22(9(42)2-38)71-74(49,50)51)66-33-17(45)28-23(13(64-33)6-59-28)67-36-20(48)31(26(11(4-40)62-36)73-76(55,56)57)70-34-18(46)29-24(14(65-34)7-60-29)68-35-19(47)30(25(10(3-39)61-35)72-75(52,53)54)69-32-16(44)27-15(43)12(63-32)5-58-27;/h1,8-36,38-48H,2-7H2,(H,49,50,51)(H,52,53,54)(H,55,56,57);/t8-,9+,10+,11+,12+,13+,14+,15-,16+,17+,18+,19+,20+,21+,22-,23-,24-,25-,26-,27-,28+,29+,30+,31+,32+,33+,34+,35-,36-;/m0./s1. The van der Waals surface area contributed by atoms with Crippen LogP contribution in [0.5, 0.6) is 0 Å². The third kappa shape index (κ3) is 14.1. The molecule has 0 spiro atoms. The summed E-state index contributed by atoms with van der Waals surface area (Å²) in [6.45, 7) is -4.67. The fourth-order valence-electron chi connectivity index (χ4n) is 9.88. The van der Waals surface area contributed by atoms with Gasteiger partial charge in [0.25, 0.3) is 0 Å². The number of rotatable bonds is 23. The van der Waals surface area contributed by atoms with Crippen LogP contribution in [0, 0.1) is 0 Å². The van der Waals surface area contributed by atoms with Gasteiger partial charge in [0.1, 0.15) is 146 Å². The normalized spacial score (nSPS) is 45.7. The molecule has 0 amide bonds. The van der Waals surface area contributed by atoms with Crippen molar-refractivity contribution in [3.8, 4) is 0 Å². The van der Waals surface area contributed by atoms with E-state index in [0.29, 0.717) is 0 Å². The maximum absolute atomic E-state index is 12.1. The molecule has 77 heavy (non-hydrogen) atoms. The zero-order chi connectivity index (χ0) is 55.5. The van der Waals surface area contributed by atoms with Crippen molar-refractivity contribution < 1.29 is 174 Å². The number of carbonyl (C=O) groups excluding carboxylic acids is 1. The van der Waals surface area contributed by atoms with Crippen molar-refractivity contribution in [3.05, 3.63) is 0 Å². The number of hydrogen-bond donors (Lipinski definition) is 14. The maximum atomic E-state index is 12.1. The SMILES string of the molecule is O=C[C@H](O)[C@@H](O[C@H]1O[C@@H]2CO[C@H]([C@H]1O)[C@H]2O[C@@H]1O[C@H](CO)[C@H](OS(=O)(=O)O)[C@H](O[C@H]2O[C@@H]3CO[C@H]([C@H]2O)[C@H]3O[C@@H]2O[C@H](CO)[C@H](OS(=O)(=O)O)[C@H](O[C@H]3O[C@@H]4CO[C@@H]([C@H]4O)[C@H]3O)[C@H]2O)[C@H]1O)[C@@H](OS(=O)(=O)O)[C@H](O)CO.[Na]. The first-order valence-corrected chi connectivity index (χ1v) is 26.8. The van der Waals surface area contributed by atoms with E-state index in [1.807, 2.05) is 0 Å². The predicted molar refractivity (Wildman–Crippen MR) is 227 cm³/mol. The van der Waals surface area contributed by atoms with E-state index >= 15 is 0 Å². The third-order valence-corrected chi connectivity index (χ3v) is 14.7. The minimum Gasteiger partial charge on any atom is -0.394 e. The second-order valence-corrected chi connectivity index (χ2v) is 21.4. The van der Waals surface area contributed by atoms with Crippen LogP contribution in [-0.2, 0) is 110 Å². The molecule has 8 fully saturated rings. The molecule has 1 radical (unpaired) electrons. The number of carbonyl (C=O) groups is 1. The molecule has 0 aromatic rings. The van der Waals surface area contributed by atoms with Crippen LogP contribution >= 0.6 is 0 Å². The number of fused-ring (bicyclic) bond motifs is 6. The van der Waals surface area contributed by atoms with Crippen LogP contribution in [-0.4, -0.2) is 349 Å². The van der Waals surface area contributed by atoms with Gasteiger partial charge in [-0.1, -0.05) is 0 Å². The van der Waals surface area contributed by atoms with Crippen molar-refractivity contribution in [3.63, 3.8) is 0 Å². The summed E-state index contributed by atoms with van der Waals surface area (Å²) in [6, 6.07) is 0. The smallest absolute Gasteiger partial charge is 0.394 e. The Labute approximate surface area is 456 Å². The molecular formula is C36H56NaO37S3. The second kappa shape index (κ2) is 25.7. The Morgan fingerprint density at radius 2 is 0.870 bits per heavy atom. The molecule has 0 saturated carbocycles. The molecule has 41 heteroatoms. The quantitative estimate of drug-likeness (QED) is 0.0257. The van der Waals surface area contributed by atoms with Gasteiger partial charge in [-0.3, -0.25) is 13.7 Å². The molecule has 8 heterocycles. The van der Waals surface area contributed by atoms with E-state index in [4.69, 9.17) is 69.9 Å². The van der Waals surface area contributed by atoms with Crippen molar-refractivity contribution in [2.24, 2.45) is 0 Å². The zero-order valence-electron chi connectivity index (χ0n) is 39.4. The molecule has 0 aromatic carbocycles. The van der Waals surface area contributed by atoms with Gasteiger partial charge in [-0.2, -0.15) is 25.3 Å². The average Bonchev–Trinajstić information content (AvgIpc) is 3.98. The number of ether oxygens (including phenoxy) is 13. The fraction of sp³-hybridized carbons (Fsp3) is 0.972. The van der Waals surface area contributed by atoms with E-state index in [2.05, 4.69) is 4.18 Å². The molecule has 37 nitrogen and oxygen atoms in total. The zero-order valence-corrected chi connectivity index (χ0v) is 43.9. The van der Waals surface area contributed by atoms with E-state index in [9.17, 15) is 99.9 Å². The monoisotopic (exact) mass is 1200 g/mol. The average molecular weight is 1200 g/mol.